The number of imidazole rings is 1. The third-order valence-corrected chi connectivity index (χ3v) is 7.01. The molecular weight excluding hydrogens is 534 g/mol. The number of carbonyl (C=O) groups excluding carboxylic acids is 6. The Morgan fingerprint density at radius 3 is 2.59 bits per heavy atom. The van der Waals surface area contributed by atoms with Crippen molar-refractivity contribution in [1.82, 2.24) is 30.4 Å². The van der Waals surface area contributed by atoms with Gasteiger partial charge in [0.05, 0.1) is 12.0 Å². The summed E-state index contributed by atoms with van der Waals surface area (Å²) in [5.74, 6) is -2.73. The summed E-state index contributed by atoms with van der Waals surface area (Å²) in [6.45, 7) is 0.265. The molecule has 218 valence electrons. The molecule has 41 heavy (non-hydrogen) atoms. The van der Waals surface area contributed by atoms with E-state index in [0.29, 0.717) is 25.1 Å². The molecule has 14 heteroatoms. The van der Waals surface area contributed by atoms with Crippen LogP contribution in [-0.2, 0) is 41.7 Å². The number of hydrogen-bond acceptors (Lipinski definition) is 8. The van der Waals surface area contributed by atoms with Gasteiger partial charge in [-0.2, -0.15) is 0 Å². The minimum absolute atomic E-state index is 0.0136. The second-order valence-corrected chi connectivity index (χ2v) is 9.88. The number of likely N-dealkylation sites (tertiary alicyclic amines) is 2. The number of nitrogens with one attached hydrogen (secondary N) is 3. The zero-order chi connectivity index (χ0) is 29.4. The number of primary amides is 1. The molecule has 0 unspecified atom stereocenters. The number of ether oxygens (including phenoxy) is 1. The fourth-order valence-electron chi connectivity index (χ4n) is 4.96. The van der Waals surface area contributed by atoms with Crippen LogP contribution in [-0.4, -0.2) is 86.6 Å². The third kappa shape index (κ3) is 7.47. The van der Waals surface area contributed by atoms with Crippen molar-refractivity contribution in [2.75, 3.05) is 13.1 Å². The Bertz CT molecular complexity index is 1270. The van der Waals surface area contributed by atoms with E-state index in [4.69, 9.17) is 10.5 Å². The third-order valence-electron chi connectivity index (χ3n) is 7.01. The summed E-state index contributed by atoms with van der Waals surface area (Å²) in [6.07, 6.45) is 3.07. The number of amides is 6. The van der Waals surface area contributed by atoms with E-state index in [9.17, 15) is 28.8 Å². The maximum atomic E-state index is 13.7. The Kier molecular flexibility index (Phi) is 9.66. The van der Waals surface area contributed by atoms with Crippen LogP contribution in [0.25, 0.3) is 0 Å². The van der Waals surface area contributed by atoms with E-state index in [-0.39, 0.29) is 38.8 Å². The summed E-state index contributed by atoms with van der Waals surface area (Å²) in [5, 5.41) is 5.32. The Balaban J connectivity index is 1.45. The lowest BCUT2D eigenvalue weighted by atomic mass is 10.1. The van der Waals surface area contributed by atoms with Gasteiger partial charge < -0.3 is 31.0 Å². The molecule has 0 saturated carbocycles. The molecule has 0 aliphatic carbocycles. The first-order valence-corrected chi connectivity index (χ1v) is 13.4. The number of H-pyrrole nitrogens is 1. The average Bonchev–Trinajstić information content (AvgIpc) is 3.72. The highest BCUT2D eigenvalue weighted by Crippen LogP contribution is 2.23. The number of aromatic nitrogens is 2. The standard InChI is InChI=1S/C27H33N7O7/c28-22(35)10-11-30-24(37)20-7-4-12-33(20)26(39)19(13-18-14-29-16-31-18)32-25(38)21-8-9-23(36)34(21)27(40)41-15-17-5-2-1-3-6-17/h1-3,5-6,14,16,19-21H,4,7-13,15H2,(H2,28,35)(H,29,31)(H,30,37)(H,32,38)/t19-,20-,21-/m0/s1. The first kappa shape index (κ1) is 29.2. The molecule has 0 radical (unpaired) electrons. The lowest BCUT2D eigenvalue weighted by Gasteiger charge is -2.30. The van der Waals surface area contributed by atoms with Crippen molar-refractivity contribution in [3.8, 4) is 0 Å². The van der Waals surface area contributed by atoms with Gasteiger partial charge in [-0.15, -0.1) is 0 Å². The molecule has 2 aliphatic rings. The van der Waals surface area contributed by atoms with Crippen LogP contribution < -0.4 is 16.4 Å². The highest BCUT2D eigenvalue weighted by atomic mass is 16.6. The number of rotatable bonds is 11. The average molecular weight is 568 g/mol. The number of imide groups is 1. The maximum Gasteiger partial charge on any atom is 0.417 e. The Morgan fingerprint density at radius 1 is 1.10 bits per heavy atom. The van der Waals surface area contributed by atoms with Crippen LogP contribution >= 0.6 is 0 Å². The number of nitrogens with two attached hydrogens (primary N) is 1. The van der Waals surface area contributed by atoms with Crippen LogP contribution in [0, 0.1) is 0 Å². The molecule has 2 aliphatic heterocycles. The van der Waals surface area contributed by atoms with Gasteiger partial charge in [0.25, 0.3) is 0 Å². The summed E-state index contributed by atoms with van der Waals surface area (Å²) in [6, 6.07) is 5.84. The Labute approximate surface area is 236 Å². The van der Waals surface area contributed by atoms with Crippen molar-refractivity contribution in [2.24, 2.45) is 5.73 Å². The zero-order valence-corrected chi connectivity index (χ0v) is 22.4. The van der Waals surface area contributed by atoms with Crippen molar-refractivity contribution >= 4 is 35.6 Å². The molecule has 3 atom stereocenters. The van der Waals surface area contributed by atoms with Crippen LogP contribution in [0.2, 0.25) is 0 Å². The van der Waals surface area contributed by atoms with E-state index >= 15 is 0 Å². The summed E-state index contributed by atoms with van der Waals surface area (Å²) in [7, 11) is 0. The second kappa shape index (κ2) is 13.5. The number of carbonyl (C=O) groups is 6. The number of benzene rings is 1. The molecule has 1 aromatic heterocycles. The fraction of sp³-hybridized carbons (Fsp3) is 0.444. The molecule has 1 aromatic carbocycles. The van der Waals surface area contributed by atoms with Crippen molar-refractivity contribution in [2.45, 2.75) is 63.3 Å². The largest absolute Gasteiger partial charge is 0.444 e. The predicted octanol–water partition coefficient (Wildman–Crippen LogP) is -0.253. The second-order valence-electron chi connectivity index (χ2n) is 9.88. The highest BCUT2D eigenvalue weighted by molar-refractivity contribution is 6.02. The molecular formula is C27H33N7O7. The summed E-state index contributed by atoms with van der Waals surface area (Å²) in [5.41, 5.74) is 6.35. The lowest BCUT2D eigenvalue weighted by molar-refractivity contribution is -0.142. The molecule has 2 fully saturated rings. The maximum absolute atomic E-state index is 13.7. The van der Waals surface area contributed by atoms with E-state index in [1.54, 1.807) is 30.5 Å². The van der Waals surface area contributed by atoms with Gasteiger partial charge in [0, 0.05) is 38.5 Å². The van der Waals surface area contributed by atoms with Gasteiger partial charge in [0.1, 0.15) is 24.7 Å². The lowest BCUT2D eigenvalue weighted by Crippen LogP contribution is -2.57. The van der Waals surface area contributed by atoms with E-state index in [2.05, 4.69) is 20.6 Å². The number of hydrogen-bond donors (Lipinski definition) is 4. The van der Waals surface area contributed by atoms with Gasteiger partial charge in [0.2, 0.25) is 29.5 Å². The van der Waals surface area contributed by atoms with E-state index < -0.39 is 53.8 Å². The van der Waals surface area contributed by atoms with Gasteiger partial charge in [-0.1, -0.05) is 30.3 Å². The molecule has 2 saturated heterocycles. The van der Waals surface area contributed by atoms with Crippen molar-refractivity contribution < 1.29 is 33.5 Å². The predicted molar refractivity (Wildman–Crippen MR) is 142 cm³/mol. The van der Waals surface area contributed by atoms with Crippen LogP contribution in [0.15, 0.2) is 42.9 Å². The van der Waals surface area contributed by atoms with Crippen LogP contribution in [0.5, 0.6) is 0 Å². The topological polar surface area (TPSA) is 197 Å². The monoisotopic (exact) mass is 567 g/mol. The minimum atomic E-state index is -1.16. The zero-order valence-electron chi connectivity index (χ0n) is 22.4. The van der Waals surface area contributed by atoms with E-state index in [1.807, 2.05) is 6.07 Å². The minimum Gasteiger partial charge on any atom is -0.444 e. The molecule has 6 amide bonds. The first-order valence-electron chi connectivity index (χ1n) is 13.4. The molecule has 0 spiro atoms. The van der Waals surface area contributed by atoms with Gasteiger partial charge in [-0.3, -0.25) is 24.0 Å². The van der Waals surface area contributed by atoms with Crippen LogP contribution in [0.3, 0.4) is 0 Å². The van der Waals surface area contributed by atoms with E-state index in [0.717, 1.165) is 10.5 Å². The Morgan fingerprint density at radius 2 is 1.88 bits per heavy atom. The molecule has 3 heterocycles. The summed E-state index contributed by atoms with van der Waals surface area (Å²) in [4.78, 5) is 85.4. The quantitative estimate of drug-likeness (QED) is 0.285. The first-order chi connectivity index (χ1) is 19.7. The summed E-state index contributed by atoms with van der Waals surface area (Å²) >= 11 is 0. The smallest absolute Gasteiger partial charge is 0.417 e. The van der Waals surface area contributed by atoms with Crippen LogP contribution in [0.1, 0.15) is 43.4 Å². The number of nitrogens with zero attached hydrogens (tertiary/aromatic N) is 3. The molecule has 0 bridgehead atoms. The van der Waals surface area contributed by atoms with Crippen molar-refractivity contribution in [3.63, 3.8) is 0 Å². The SMILES string of the molecule is NC(=O)CCNC(=O)[C@@H]1CCCN1C(=O)[C@H](Cc1c[nH]cn1)NC(=O)[C@@H]1CCC(=O)N1C(=O)OCc1ccccc1. The van der Waals surface area contributed by atoms with Gasteiger partial charge in [-0.25, -0.2) is 14.7 Å². The molecule has 4 rings (SSSR count). The van der Waals surface area contributed by atoms with Gasteiger partial charge in [-0.05, 0) is 24.8 Å². The van der Waals surface area contributed by atoms with Crippen molar-refractivity contribution in [1.29, 1.82) is 0 Å². The molecule has 5 N–H and O–H groups in total. The highest BCUT2D eigenvalue weighted by Gasteiger charge is 2.44. The van der Waals surface area contributed by atoms with Crippen LogP contribution in [0.4, 0.5) is 4.79 Å². The van der Waals surface area contributed by atoms with Gasteiger partial charge in [0.15, 0.2) is 0 Å². The van der Waals surface area contributed by atoms with Gasteiger partial charge >= 0.3 is 6.09 Å². The van der Waals surface area contributed by atoms with Crippen molar-refractivity contribution in [3.05, 3.63) is 54.1 Å². The Hall–Kier alpha value is -4.75. The van der Waals surface area contributed by atoms with E-state index in [1.165, 1.54) is 11.2 Å². The normalized spacial score (nSPS) is 19.1. The molecule has 14 nitrogen and oxygen atoms in total. The fourth-order valence-corrected chi connectivity index (χ4v) is 4.96. The molecule has 2 aromatic rings. The summed E-state index contributed by atoms with van der Waals surface area (Å²) < 4.78 is 5.29. The number of aromatic amines is 1.